The predicted molar refractivity (Wildman–Crippen MR) is 68.4 cm³/mol. The van der Waals surface area contributed by atoms with Gasteiger partial charge in [0.05, 0.1) is 0 Å². The maximum atomic E-state index is 4.61. The van der Waals surface area contributed by atoms with E-state index in [0.29, 0.717) is 11.8 Å². The average Bonchev–Trinajstić information content (AvgIpc) is 2.29. The second-order valence-corrected chi connectivity index (χ2v) is 4.75. The van der Waals surface area contributed by atoms with E-state index < -0.39 is 0 Å². The molecule has 0 N–H and O–H groups in total. The zero-order valence-corrected chi connectivity index (χ0v) is 10.1. The van der Waals surface area contributed by atoms with Crippen molar-refractivity contribution in [2.45, 2.75) is 32.6 Å². The maximum Gasteiger partial charge on any atom is 0.0475 e. The van der Waals surface area contributed by atoms with Crippen LogP contribution in [0.1, 0.15) is 37.1 Å². The molecule has 16 heavy (non-hydrogen) atoms. The van der Waals surface area contributed by atoms with Gasteiger partial charge in [0.2, 0.25) is 0 Å². The summed E-state index contributed by atoms with van der Waals surface area (Å²) in [6.07, 6.45) is 6.86. The van der Waals surface area contributed by atoms with E-state index in [4.69, 9.17) is 0 Å². The third kappa shape index (κ3) is 2.41. The molecular weight excluding hydrogens is 194 g/mol. The van der Waals surface area contributed by atoms with Gasteiger partial charge in [-0.05, 0) is 44.7 Å². The molecule has 0 amide bonds. The summed E-state index contributed by atoms with van der Waals surface area (Å²) in [5.41, 5.74) is 3.59. The van der Waals surface area contributed by atoms with Gasteiger partial charge >= 0.3 is 0 Å². The van der Waals surface area contributed by atoms with Crippen molar-refractivity contribution in [1.82, 2.24) is 4.98 Å². The minimum absolute atomic E-state index is 0.468. The van der Waals surface area contributed by atoms with E-state index >= 15 is 0 Å². The zero-order valence-electron chi connectivity index (χ0n) is 10.1. The quantitative estimate of drug-likeness (QED) is 0.676. The van der Waals surface area contributed by atoms with Gasteiger partial charge in [-0.15, -0.1) is 0 Å². The van der Waals surface area contributed by atoms with E-state index in [1.54, 1.807) is 0 Å². The average molecular weight is 213 g/mol. The number of aryl methyl sites for hydroxylation is 1. The fourth-order valence-corrected chi connectivity index (χ4v) is 2.28. The molecule has 2 rings (SSSR count). The molecule has 1 heterocycles. The molecule has 0 saturated heterocycles. The minimum atomic E-state index is 0.468. The number of allylic oxidation sites excluding steroid dienone is 3. The second kappa shape index (κ2) is 4.65. The number of hydrogen-bond acceptors (Lipinski definition) is 1. The Kier molecular flexibility index (Phi) is 3.23. The van der Waals surface area contributed by atoms with Gasteiger partial charge in [0.1, 0.15) is 0 Å². The van der Waals surface area contributed by atoms with Gasteiger partial charge in [0, 0.05) is 17.3 Å². The molecule has 1 aliphatic rings. The fourth-order valence-electron chi connectivity index (χ4n) is 2.28. The summed E-state index contributed by atoms with van der Waals surface area (Å²) in [6.45, 7) is 8.25. The largest absolute Gasteiger partial charge is 0.258 e. The van der Waals surface area contributed by atoms with E-state index in [9.17, 15) is 0 Å². The van der Waals surface area contributed by atoms with E-state index in [-0.39, 0.29) is 0 Å². The lowest BCUT2D eigenvalue weighted by Gasteiger charge is -2.24. The van der Waals surface area contributed by atoms with Crippen molar-refractivity contribution in [3.63, 3.8) is 0 Å². The lowest BCUT2D eigenvalue weighted by Crippen LogP contribution is -2.12. The number of pyridine rings is 1. The summed E-state index contributed by atoms with van der Waals surface area (Å²) in [5, 5.41) is 0. The van der Waals surface area contributed by atoms with Crippen LogP contribution in [0.5, 0.6) is 0 Å². The smallest absolute Gasteiger partial charge is 0.0475 e. The summed E-state index contributed by atoms with van der Waals surface area (Å²) >= 11 is 0. The van der Waals surface area contributed by atoms with Gasteiger partial charge < -0.3 is 0 Å². The van der Waals surface area contributed by atoms with Crippen molar-refractivity contribution < 1.29 is 0 Å². The molecule has 1 aromatic rings. The summed E-state index contributed by atoms with van der Waals surface area (Å²) < 4.78 is 0. The maximum absolute atomic E-state index is 4.61. The number of nitrogens with zero attached hydrogens (tertiary/aromatic N) is 1. The van der Waals surface area contributed by atoms with Crippen molar-refractivity contribution in [3.05, 3.63) is 53.9 Å². The van der Waals surface area contributed by atoms with E-state index in [2.05, 4.69) is 42.8 Å². The standard InChI is InChI=1S/C15H19N/c1-11(2)13-7-5-8-14(10-13)15-9-4-6-12(3)16-15/h4-6,8-9,13-14H,1,7,10H2,2-3H3. The van der Waals surface area contributed by atoms with Gasteiger partial charge in [-0.25, -0.2) is 0 Å². The Balaban J connectivity index is 2.19. The normalized spacial score (nSPS) is 24.4. The molecule has 2 atom stereocenters. The number of rotatable bonds is 2. The van der Waals surface area contributed by atoms with Crippen LogP contribution in [-0.2, 0) is 0 Å². The van der Waals surface area contributed by atoms with E-state index in [1.807, 2.05) is 13.0 Å². The molecule has 0 aliphatic heterocycles. The van der Waals surface area contributed by atoms with Gasteiger partial charge in [-0.2, -0.15) is 0 Å². The number of aromatic nitrogens is 1. The molecular formula is C15H19N. The Morgan fingerprint density at radius 2 is 2.25 bits per heavy atom. The van der Waals surface area contributed by atoms with Crippen LogP contribution >= 0.6 is 0 Å². The highest BCUT2D eigenvalue weighted by atomic mass is 14.7. The third-order valence-corrected chi connectivity index (χ3v) is 3.31. The Bertz CT molecular complexity index is 417. The lowest BCUT2D eigenvalue weighted by atomic mass is 9.81. The predicted octanol–water partition coefficient (Wildman–Crippen LogP) is 4.02. The van der Waals surface area contributed by atoms with Crippen LogP contribution in [0.3, 0.4) is 0 Å². The van der Waals surface area contributed by atoms with Crippen LogP contribution in [0.2, 0.25) is 0 Å². The summed E-state index contributed by atoms with van der Waals surface area (Å²) in [5.74, 6) is 1.09. The first-order valence-corrected chi connectivity index (χ1v) is 5.92. The Labute approximate surface area is 97.9 Å². The van der Waals surface area contributed by atoms with Crippen LogP contribution in [0.4, 0.5) is 0 Å². The van der Waals surface area contributed by atoms with Gasteiger partial charge in [-0.1, -0.05) is 30.4 Å². The minimum Gasteiger partial charge on any atom is -0.258 e. The first kappa shape index (κ1) is 11.1. The Morgan fingerprint density at radius 1 is 1.44 bits per heavy atom. The topological polar surface area (TPSA) is 12.9 Å². The van der Waals surface area contributed by atoms with Crippen LogP contribution in [0.25, 0.3) is 0 Å². The zero-order chi connectivity index (χ0) is 11.5. The van der Waals surface area contributed by atoms with Gasteiger partial charge in [0.15, 0.2) is 0 Å². The molecule has 1 heteroatoms. The van der Waals surface area contributed by atoms with Gasteiger partial charge in [-0.3, -0.25) is 4.98 Å². The van der Waals surface area contributed by atoms with E-state index in [1.165, 1.54) is 11.3 Å². The van der Waals surface area contributed by atoms with Crippen molar-refractivity contribution in [2.75, 3.05) is 0 Å². The van der Waals surface area contributed by atoms with E-state index in [0.717, 1.165) is 18.5 Å². The monoisotopic (exact) mass is 213 g/mol. The molecule has 0 radical (unpaired) electrons. The highest BCUT2D eigenvalue weighted by molar-refractivity contribution is 5.22. The first-order chi connectivity index (χ1) is 7.66. The Morgan fingerprint density at radius 3 is 2.94 bits per heavy atom. The molecule has 0 fully saturated rings. The summed E-state index contributed by atoms with van der Waals surface area (Å²) in [6, 6.07) is 6.27. The summed E-state index contributed by atoms with van der Waals surface area (Å²) in [4.78, 5) is 4.61. The fraction of sp³-hybridized carbons (Fsp3) is 0.400. The Hall–Kier alpha value is -1.37. The number of hydrogen-bond donors (Lipinski definition) is 0. The molecule has 1 nitrogen and oxygen atoms in total. The van der Waals surface area contributed by atoms with Crippen molar-refractivity contribution >= 4 is 0 Å². The molecule has 2 unspecified atom stereocenters. The first-order valence-electron chi connectivity index (χ1n) is 5.92. The molecule has 0 aromatic carbocycles. The van der Waals surface area contributed by atoms with Crippen LogP contribution in [-0.4, -0.2) is 4.98 Å². The van der Waals surface area contributed by atoms with Gasteiger partial charge in [0.25, 0.3) is 0 Å². The van der Waals surface area contributed by atoms with Crippen molar-refractivity contribution in [3.8, 4) is 0 Å². The molecule has 1 aliphatic carbocycles. The SMILES string of the molecule is C=C(C)C1CC=CC(c2cccc(C)n2)C1. The highest BCUT2D eigenvalue weighted by Gasteiger charge is 2.20. The molecule has 0 saturated carbocycles. The van der Waals surface area contributed by atoms with Crippen LogP contribution < -0.4 is 0 Å². The van der Waals surface area contributed by atoms with Crippen molar-refractivity contribution in [2.24, 2.45) is 5.92 Å². The molecule has 0 spiro atoms. The lowest BCUT2D eigenvalue weighted by molar-refractivity contribution is 0.507. The molecule has 0 bridgehead atoms. The van der Waals surface area contributed by atoms with Crippen molar-refractivity contribution in [1.29, 1.82) is 0 Å². The summed E-state index contributed by atoms with van der Waals surface area (Å²) in [7, 11) is 0. The second-order valence-electron chi connectivity index (χ2n) is 4.75. The third-order valence-electron chi connectivity index (χ3n) is 3.31. The highest BCUT2D eigenvalue weighted by Crippen LogP contribution is 2.33. The molecule has 1 aromatic heterocycles. The van der Waals surface area contributed by atoms with Crippen LogP contribution in [0.15, 0.2) is 42.5 Å². The molecule has 84 valence electrons. The van der Waals surface area contributed by atoms with Crippen LogP contribution in [0, 0.1) is 12.8 Å².